The second kappa shape index (κ2) is 8.20. The number of alkyl halides is 1. The van der Waals surface area contributed by atoms with Crippen LogP contribution in [0.3, 0.4) is 0 Å². The van der Waals surface area contributed by atoms with Gasteiger partial charge < -0.3 is 0 Å². The average Bonchev–Trinajstić information content (AvgIpc) is 2.92. The van der Waals surface area contributed by atoms with Crippen molar-refractivity contribution in [2.24, 2.45) is 11.8 Å². The summed E-state index contributed by atoms with van der Waals surface area (Å²) in [6.45, 7) is 0. The van der Waals surface area contributed by atoms with Crippen LogP contribution in [0.25, 0.3) is 0 Å². The molecular weight excluding hydrogens is 434 g/mol. The van der Waals surface area contributed by atoms with E-state index < -0.39 is 62.8 Å². The summed E-state index contributed by atoms with van der Waals surface area (Å²) in [6.07, 6.45) is 3.84. The zero-order chi connectivity index (χ0) is 21.6. The van der Waals surface area contributed by atoms with Crippen molar-refractivity contribution in [3.8, 4) is 0 Å². The number of fused-ring (bicyclic) bond motifs is 1. The summed E-state index contributed by atoms with van der Waals surface area (Å²) in [7, 11) is -3.57. The molecule has 166 valence electrons. The average molecular weight is 460 g/mol. The van der Waals surface area contributed by atoms with Crippen LogP contribution in [0.15, 0.2) is 0 Å². The fourth-order valence-corrected chi connectivity index (χ4v) is 7.55. The van der Waals surface area contributed by atoms with E-state index in [4.69, 9.17) is 11.6 Å². The topological polar surface area (TPSA) is 130 Å². The molecule has 0 radical (unpaired) electrons. The molecule has 2 saturated carbocycles. The van der Waals surface area contributed by atoms with Crippen LogP contribution < -0.4 is 10.0 Å². The first-order chi connectivity index (χ1) is 14.2. The number of hydrogen-bond donors (Lipinski definition) is 2. The number of carbonyl (C=O) groups is 4. The molecule has 0 aromatic heterocycles. The molecule has 11 heteroatoms. The Labute approximate surface area is 180 Å². The van der Waals surface area contributed by atoms with Crippen molar-refractivity contribution in [2.75, 3.05) is 0 Å². The standard InChI is InChI=1S/C19H26ClN3O6S/c20-10-2-1-3-12(8-10)30(28,29)22-11-4-5-13-14(9-11)19(27)23(18(13)26)15-6-7-16(24)21-17(15)25/h10-15,22H,1-9H2,(H,21,24,25). The number of hydrogen-bond acceptors (Lipinski definition) is 6. The van der Waals surface area contributed by atoms with Crippen LogP contribution in [0, 0.1) is 11.8 Å². The van der Waals surface area contributed by atoms with Crippen LogP contribution in [0.4, 0.5) is 0 Å². The number of piperidine rings is 1. The Morgan fingerprint density at radius 2 is 1.67 bits per heavy atom. The Morgan fingerprint density at radius 3 is 2.37 bits per heavy atom. The number of likely N-dealkylation sites (tertiary alicyclic amines) is 1. The van der Waals surface area contributed by atoms with Gasteiger partial charge >= 0.3 is 0 Å². The summed E-state index contributed by atoms with van der Waals surface area (Å²) < 4.78 is 28.4. The van der Waals surface area contributed by atoms with Gasteiger partial charge in [-0.3, -0.25) is 29.4 Å². The molecule has 0 bridgehead atoms. The smallest absolute Gasteiger partial charge is 0.249 e. The number of nitrogens with one attached hydrogen (secondary N) is 2. The van der Waals surface area contributed by atoms with Crippen LogP contribution in [-0.2, 0) is 29.2 Å². The minimum atomic E-state index is -3.57. The van der Waals surface area contributed by atoms with Crippen molar-refractivity contribution in [2.45, 2.75) is 80.5 Å². The Hall–Kier alpha value is -1.52. The van der Waals surface area contributed by atoms with Crippen molar-refractivity contribution in [1.82, 2.24) is 14.9 Å². The van der Waals surface area contributed by atoms with Gasteiger partial charge in [0.25, 0.3) is 0 Å². The number of halogens is 1. The first-order valence-corrected chi connectivity index (χ1v) is 12.5. The van der Waals surface area contributed by atoms with Crippen LogP contribution in [0.5, 0.6) is 0 Å². The SMILES string of the molecule is O=C1CCC(N2C(=O)C3CCC(NS(=O)(=O)C4CCCC(Cl)C4)CC3C2=O)C(=O)N1. The second-order valence-corrected chi connectivity index (χ2v) is 11.4. The lowest BCUT2D eigenvalue weighted by atomic mass is 9.79. The lowest BCUT2D eigenvalue weighted by Crippen LogP contribution is -2.54. The molecule has 4 rings (SSSR count). The lowest BCUT2D eigenvalue weighted by Gasteiger charge is -2.32. The van der Waals surface area contributed by atoms with E-state index in [1.165, 1.54) is 0 Å². The van der Waals surface area contributed by atoms with E-state index in [-0.39, 0.29) is 24.6 Å². The minimum absolute atomic E-state index is 0.0776. The highest BCUT2D eigenvalue weighted by Crippen LogP contribution is 2.40. The summed E-state index contributed by atoms with van der Waals surface area (Å²) in [4.78, 5) is 50.4. The molecule has 30 heavy (non-hydrogen) atoms. The normalized spacial score (nSPS) is 37.8. The van der Waals surface area contributed by atoms with Crippen LogP contribution in [-0.4, -0.2) is 59.7 Å². The lowest BCUT2D eigenvalue weighted by molar-refractivity contribution is -0.151. The first kappa shape index (κ1) is 21.7. The molecular formula is C19H26ClN3O6S. The Morgan fingerprint density at radius 1 is 0.933 bits per heavy atom. The molecule has 4 amide bonds. The number of nitrogens with zero attached hydrogens (tertiary/aromatic N) is 1. The monoisotopic (exact) mass is 459 g/mol. The molecule has 2 heterocycles. The number of amides is 4. The highest BCUT2D eigenvalue weighted by molar-refractivity contribution is 7.90. The molecule has 6 atom stereocenters. The molecule has 6 unspecified atom stereocenters. The van der Waals surface area contributed by atoms with Gasteiger partial charge in [-0.25, -0.2) is 13.1 Å². The maximum absolute atomic E-state index is 13.0. The van der Waals surface area contributed by atoms with Crippen molar-refractivity contribution in [3.05, 3.63) is 0 Å². The van der Waals surface area contributed by atoms with Gasteiger partial charge in [0.2, 0.25) is 33.7 Å². The Kier molecular flexibility index (Phi) is 5.93. The predicted octanol–water partition coefficient (Wildman–Crippen LogP) is 0.415. The van der Waals surface area contributed by atoms with Gasteiger partial charge in [0.15, 0.2) is 0 Å². The third kappa shape index (κ3) is 4.01. The van der Waals surface area contributed by atoms with E-state index in [0.717, 1.165) is 17.7 Å². The second-order valence-electron chi connectivity index (χ2n) is 8.79. The third-order valence-corrected chi connectivity index (χ3v) is 9.18. The van der Waals surface area contributed by atoms with Gasteiger partial charge in [-0.05, 0) is 44.9 Å². The highest BCUT2D eigenvalue weighted by atomic mass is 35.5. The number of sulfonamides is 1. The third-order valence-electron chi connectivity index (χ3n) is 6.81. The summed E-state index contributed by atoms with van der Waals surface area (Å²) >= 11 is 6.15. The van der Waals surface area contributed by atoms with E-state index in [0.29, 0.717) is 25.7 Å². The van der Waals surface area contributed by atoms with Gasteiger partial charge in [0, 0.05) is 17.8 Å². The van der Waals surface area contributed by atoms with Crippen LogP contribution in [0.2, 0.25) is 0 Å². The number of imide groups is 2. The largest absolute Gasteiger partial charge is 0.295 e. The van der Waals surface area contributed by atoms with Gasteiger partial charge in [0.05, 0.1) is 17.1 Å². The highest BCUT2D eigenvalue weighted by Gasteiger charge is 2.54. The van der Waals surface area contributed by atoms with E-state index >= 15 is 0 Å². The molecule has 2 aliphatic carbocycles. The maximum atomic E-state index is 13.0. The van der Waals surface area contributed by atoms with Gasteiger partial charge in [-0.2, -0.15) is 0 Å². The van der Waals surface area contributed by atoms with Crippen molar-refractivity contribution >= 4 is 45.3 Å². The van der Waals surface area contributed by atoms with Crippen molar-refractivity contribution in [3.63, 3.8) is 0 Å². The van der Waals surface area contributed by atoms with Crippen molar-refractivity contribution in [1.29, 1.82) is 0 Å². The zero-order valence-corrected chi connectivity index (χ0v) is 18.1. The zero-order valence-electron chi connectivity index (χ0n) is 16.5. The van der Waals surface area contributed by atoms with E-state index in [1.807, 2.05) is 0 Å². The number of carbonyl (C=O) groups excluding carboxylic acids is 4. The summed E-state index contributed by atoms with van der Waals surface area (Å²) in [5.74, 6) is -3.05. The van der Waals surface area contributed by atoms with E-state index in [1.54, 1.807) is 0 Å². The first-order valence-electron chi connectivity index (χ1n) is 10.5. The van der Waals surface area contributed by atoms with E-state index in [9.17, 15) is 27.6 Å². The molecule has 0 spiro atoms. The summed E-state index contributed by atoms with van der Waals surface area (Å²) in [5.41, 5.74) is 0. The Balaban J connectivity index is 1.43. The molecule has 2 saturated heterocycles. The van der Waals surface area contributed by atoms with Crippen molar-refractivity contribution < 1.29 is 27.6 Å². The fourth-order valence-electron chi connectivity index (χ4n) is 5.25. The summed E-state index contributed by atoms with van der Waals surface area (Å²) in [6, 6.07) is -1.39. The Bertz CT molecular complexity index is 877. The fraction of sp³-hybridized carbons (Fsp3) is 0.789. The molecule has 0 aromatic carbocycles. The van der Waals surface area contributed by atoms with Gasteiger partial charge in [-0.1, -0.05) is 6.42 Å². The summed E-state index contributed by atoms with van der Waals surface area (Å²) in [5, 5.41) is 1.50. The van der Waals surface area contributed by atoms with Crippen LogP contribution in [0.1, 0.15) is 57.8 Å². The quantitative estimate of drug-likeness (QED) is 0.462. The molecule has 9 nitrogen and oxygen atoms in total. The maximum Gasteiger partial charge on any atom is 0.249 e. The van der Waals surface area contributed by atoms with Gasteiger partial charge in [0.1, 0.15) is 6.04 Å². The number of rotatable bonds is 4. The molecule has 4 fully saturated rings. The van der Waals surface area contributed by atoms with E-state index in [2.05, 4.69) is 10.0 Å². The molecule has 0 aromatic rings. The molecule has 4 aliphatic rings. The van der Waals surface area contributed by atoms with Gasteiger partial charge in [-0.15, -0.1) is 11.6 Å². The predicted molar refractivity (Wildman–Crippen MR) is 107 cm³/mol. The van der Waals surface area contributed by atoms with Crippen LogP contribution >= 0.6 is 11.6 Å². The minimum Gasteiger partial charge on any atom is -0.295 e. The molecule has 2 N–H and O–H groups in total. The molecule has 2 aliphatic heterocycles.